The van der Waals surface area contributed by atoms with Gasteiger partial charge in [0.25, 0.3) is 0 Å². The summed E-state index contributed by atoms with van der Waals surface area (Å²) in [5.41, 5.74) is 23.8. The van der Waals surface area contributed by atoms with E-state index in [1.165, 1.54) is 98.8 Å². The van der Waals surface area contributed by atoms with E-state index in [1.54, 1.807) is 0 Å². The van der Waals surface area contributed by atoms with E-state index in [4.69, 9.17) is 4.74 Å². The highest BCUT2D eigenvalue weighted by atomic mass is 32.2. The molecule has 0 saturated heterocycles. The lowest BCUT2D eigenvalue weighted by Gasteiger charge is -2.42. The Balaban J connectivity index is 1.05. The van der Waals surface area contributed by atoms with Crippen LogP contribution in [-0.2, 0) is 16.2 Å². The van der Waals surface area contributed by atoms with Crippen LogP contribution in [0.25, 0.3) is 33.4 Å². The predicted molar refractivity (Wildman–Crippen MR) is 317 cm³/mol. The zero-order chi connectivity index (χ0) is 51.2. The quantitative estimate of drug-likeness (QED) is 0.170. The number of hydrogen-bond acceptors (Lipinski definition) is 3. The number of hydrogen-bond donors (Lipinski definition) is 0. The lowest BCUT2D eigenvalue weighted by molar-refractivity contribution is 0.436. The molecule has 0 unspecified atom stereocenters. The minimum atomic E-state index is -0.672. The molecule has 78 heavy (non-hydrogen) atoms. The SMILES string of the molecule is c1ccc(C2(c3ccccc3)c3ccccc3-c3c(N(c4cccc5c4-c4ccccc4C54c5ccccc5Oc5ccccc54)c4cccc5c4C4(c6ccccc6Sc6ccccc64)c4ccccc4-5)cccc32)cc1. The van der Waals surface area contributed by atoms with Crippen molar-refractivity contribution in [3.63, 3.8) is 0 Å². The van der Waals surface area contributed by atoms with Crippen molar-refractivity contribution in [3.05, 3.63) is 352 Å². The Hall–Kier alpha value is -9.41. The molecule has 0 fully saturated rings. The molecular weight excluding hydrogens is 963 g/mol. The zero-order valence-corrected chi connectivity index (χ0v) is 43.2. The van der Waals surface area contributed by atoms with Crippen LogP contribution in [0.4, 0.5) is 17.1 Å². The van der Waals surface area contributed by atoms with Gasteiger partial charge in [-0.1, -0.05) is 254 Å². The molecule has 0 saturated carbocycles. The van der Waals surface area contributed by atoms with Crippen molar-refractivity contribution >= 4 is 28.8 Å². The van der Waals surface area contributed by atoms with E-state index in [0.717, 1.165) is 39.7 Å². The molecule has 0 N–H and O–H groups in total. The van der Waals surface area contributed by atoms with Gasteiger partial charge in [-0.05, 0) is 115 Å². The molecule has 3 aliphatic carbocycles. The van der Waals surface area contributed by atoms with Gasteiger partial charge >= 0.3 is 0 Å². The van der Waals surface area contributed by atoms with Gasteiger partial charge in [0, 0.05) is 37.6 Å². The fourth-order valence-electron chi connectivity index (χ4n) is 15.2. The summed E-state index contributed by atoms with van der Waals surface area (Å²) in [6, 6.07) is 107. The van der Waals surface area contributed by atoms with E-state index in [0.29, 0.717) is 0 Å². The van der Waals surface area contributed by atoms with E-state index in [1.807, 2.05) is 11.8 Å². The maximum Gasteiger partial charge on any atom is 0.132 e. The molecule has 364 valence electrons. The van der Waals surface area contributed by atoms with Gasteiger partial charge in [0.2, 0.25) is 0 Å². The smallest absolute Gasteiger partial charge is 0.132 e. The van der Waals surface area contributed by atoms with Gasteiger partial charge in [-0.2, -0.15) is 0 Å². The Morgan fingerprint density at radius 2 is 0.628 bits per heavy atom. The summed E-state index contributed by atoms with van der Waals surface area (Å²) >= 11 is 1.89. The average molecular weight is 1010 g/mol. The molecule has 2 nitrogen and oxygen atoms in total. The largest absolute Gasteiger partial charge is 0.457 e. The van der Waals surface area contributed by atoms with Crippen molar-refractivity contribution in [2.45, 2.75) is 26.0 Å². The van der Waals surface area contributed by atoms with Gasteiger partial charge in [-0.15, -0.1) is 0 Å². The fraction of sp³-hybridized carbons (Fsp3) is 0.0400. The highest BCUT2D eigenvalue weighted by Gasteiger charge is 2.55. The molecule has 12 aromatic rings. The highest BCUT2D eigenvalue weighted by molar-refractivity contribution is 7.99. The first kappa shape index (κ1) is 43.8. The van der Waals surface area contributed by atoms with Crippen molar-refractivity contribution in [1.29, 1.82) is 0 Å². The van der Waals surface area contributed by atoms with Crippen LogP contribution in [0.2, 0.25) is 0 Å². The number of ether oxygens (including phenoxy) is 1. The first-order valence-corrected chi connectivity index (χ1v) is 27.9. The first-order valence-electron chi connectivity index (χ1n) is 27.1. The summed E-state index contributed by atoms with van der Waals surface area (Å²) < 4.78 is 6.88. The number of anilines is 3. The molecule has 2 heterocycles. The maximum absolute atomic E-state index is 6.88. The second-order valence-corrected chi connectivity index (χ2v) is 22.3. The summed E-state index contributed by atoms with van der Waals surface area (Å²) in [6.45, 7) is 0. The van der Waals surface area contributed by atoms with Crippen molar-refractivity contribution in [1.82, 2.24) is 0 Å². The third-order valence-corrected chi connectivity index (χ3v) is 19.0. The predicted octanol–water partition coefficient (Wildman–Crippen LogP) is 18.8. The maximum atomic E-state index is 6.88. The number of fused-ring (bicyclic) bond motifs is 21. The van der Waals surface area contributed by atoms with Crippen LogP contribution in [0.1, 0.15) is 66.8 Å². The van der Waals surface area contributed by atoms with Gasteiger partial charge in [0.05, 0.1) is 33.3 Å². The lowest BCUT2D eigenvalue weighted by Crippen LogP contribution is -2.33. The van der Waals surface area contributed by atoms with Crippen LogP contribution in [0.5, 0.6) is 11.5 Å². The van der Waals surface area contributed by atoms with Gasteiger partial charge in [-0.3, -0.25) is 0 Å². The van der Waals surface area contributed by atoms with Crippen molar-refractivity contribution in [2.75, 3.05) is 4.90 Å². The summed E-state index contributed by atoms with van der Waals surface area (Å²) in [7, 11) is 0. The van der Waals surface area contributed by atoms with Crippen LogP contribution in [0, 0.1) is 0 Å². The molecule has 5 aliphatic rings. The van der Waals surface area contributed by atoms with Crippen molar-refractivity contribution in [2.24, 2.45) is 0 Å². The molecule has 0 bridgehead atoms. The van der Waals surface area contributed by atoms with E-state index in [-0.39, 0.29) is 0 Å². The number of benzene rings is 12. The molecule has 0 amide bonds. The van der Waals surface area contributed by atoms with Crippen molar-refractivity contribution in [3.8, 4) is 44.9 Å². The minimum Gasteiger partial charge on any atom is -0.457 e. The third kappa shape index (κ3) is 5.43. The normalized spacial score (nSPS) is 15.0. The lowest BCUT2D eigenvalue weighted by atomic mass is 9.66. The summed E-state index contributed by atoms with van der Waals surface area (Å²) in [6.07, 6.45) is 0. The highest BCUT2D eigenvalue weighted by Crippen LogP contribution is 2.69. The summed E-state index contributed by atoms with van der Waals surface area (Å²) in [5, 5.41) is 0. The fourth-order valence-corrected chi connectivity index (χ4v) is 16.4. The summed E-state index contributed by atoms with van der Waals surface area (Å²) in [5.74, 6) is 1.76. The van der Waals surface area contributed by atoms with Crippen molar-refractivity contribution < 1.29 is 4.74 Å². The zero-order valence-electron chi connectivity index (χ0n) is 42.4. The Morgan fingerprint density at radius 1 is 0.256 bits per heavy atom. The molecule has 0 aromatic heterocycles. The molecule has 0 radical (unpaired) electrons. The Kier molecular flexibility index (Phi) is 9.15. The number of rotatable bonds is 5. The topological polar surface area (TPSA) is 12.5 Å². The first-order chi connectivity index (χ1) is 38.7. The van der Waals surface area contributed by atoms with E-state index in [2.05, 4.69) is 290 Å². The standard InChI is InChI=1S/C75H47NOS/c1-3-24-48(25-4-1)73(49-26-5-2-6-27-49)55-33-11-8-29-52(55)70-61(73)39-22-41-63(70)76(64-42-23-40-62-71(64)53-30-9-12-34-56(53)74(62)57-35-13-17-44-66(57)77-67-45-18-14-36-58(67)74)65-43-21-31-51-50-28-7-10-32-54(50)75(72(51)65)59-37-15-19-46-68(59)78-69-47-20-16-38-60(69)75/h1-47H. The van der Waals surface area contributed by atoms with Crippen LogP contribution in [0.3, 0.4) is 0 Å². The molecule has 0 atom stereocenters. The van der Waals surface area contributed by atoms with Crippen LogP contribution < -0.4 is 9.64 Å². The van der Waals surface area contributed by atoms with E-state index in [9.17, 15) is 0 Å². The van der Waals surface area contributed by atoms with Crippen LogP contribution in [-0.4, -0.2) is 0 Å². The van der Waals surface area contributed by atoms with Crippen LogP contribution in [0.15, 0.2) is 295 Å². The number of nitrogens with zero attached hydrogens (tertiary/aromatic N) is 1. The third-order valence-electron chi connectivity index (χ3n) is 17.9. The van der Waals surface area contributed by atoms with Gasteiger partial charge in [0.15, 0.2) is 0 Å². The molecule has 2 aliphatic heterocycles. The molecule has 17 rings (SSSR count). The number of para-hydroxylation sites is 2. The van der Waals surface area contributed by atoms with Gasteiger partial charge in [-0.25, -0.2) is 0 Å². The monoisotopic (exact) mass is 1010 g/mol. The minimum absolute atomic E-state index is 0.616. The Labute approximate surface area is 458 Å². The van der Waals surface area contributed by atoms with E-state index >= 15 is 0 Å². The van der Waals surface area contributed by atoms with E-state index < -0.39 is 16.2 Å². The molecular formula is C75H47NOS. The molecule has 12 aromatic carbocycles. The Bertz CT molecular complexity index is 4350. The Morgan fingerprint density at radius 3 is 1.18 bits per heavy atom. The summed E-state index contributed by atoms with van der Waals surface area (Å²) in [4.78, 5) is 5.25. The van der Waals surface area contributed by atoms with Gasteiger partial charge in [0.1, 0.15) is 11.5 Å². The van der Waals surface area contributed by atoms with Crippen LogP contribution >= 0.6 is 11.8 Å². The average Bonchev–Trinajstić information content (AvgIpc) is 4.11. The second kappa shape index (κ2) is 16.3. The molecule has 3 heteroatoms. The second-order valence-electron chi connectivity index (χ2n) is 21.2. The molecule has 2 spiro atoms. The van der Waals surface area contributed by atoms with Gasteiger partial charge < -0.3 is 9.64 Å².